The van der Waals surface area contributed by atoms with Crippen LogP contribution < -0.4 is 10.3 Å². The zero-order valence-electron chi connectivity index (χ0n) is 21.8. The number of hydrogen-bond donors (Lipinski definition) is 0. The Labute approximate surface area is 215 Å². The highest BCUT2D eigenvalue weighted by molar-refractivity contribution is 5.87. The van der Waals surface area contributed by atoms with Crippen molar-refractivity contribution in [1.29, 1.82) is 0 Å². The molecule has 0 aliphatic heterocycles. The van der Waals surface area contributed by atoms with Gasteiger partial charge in [0, 0.05) is 37.8 Å². The van der Waals surface area contributed by atoms with Crippen molar-refractivity contribution in [2.24, 2.45) is 7.05 Å². The molecule has 10 nitrogen and oxygen atoms in total. The summed E-state index contributed by atoms with van der Waals surface area (Å²) in [5, 5.41) is 8.68. The Hall–Kier alpha value is -4.34. The standard InChI is InChI=1S/C27H31N7O3/c1-6-11-33(26(36)37-27(2,3)4)21-15-28-25(29-16-21)20-9-7-8-19(13-20)14-23-24(35)10-12-34(31-23)22-17-30-32(5)18-22/h7-10,12-13,15-18H,6,11,14H2,1-5H3. The van der Waals surface area contributed by atoms with Gasteiger partial charge in [0.05, 0.1) is 30.5 Å². The molecule has 0 aliphatic rings. The molecule has 0 fully saturated rings. The number of nitrogens with zero attached hydrogens (tertiary/aromatic N) is 7. The van der Waals surface area contributed by atoms with Crippen LogP contribution in [0.2, 0.25) is 0 Å². The largest absolute Gasteiger partial charge is 0.443 e. The fourth-order valence-electron chi connectivity index (χ4n) is 3.73. The molecular weight excluding hydrogens is 470 g/mol. The average molecular weight is 502 g/mol. The summed E-state index contributed by atoms with van der Waals surface area (Å²) in [5.41, 5.74) is 2.73. The summed E-state index contributed by atoms with van der Waals surface area (Å²) in [7, 11) is 1.83. The molecule has 4 rings (SSSR count). The van der Waals surface area contributed by atoms with Gasteiger partial charge in [0.15, 0.2) is 5.82 Å². The minimum Gasteiger partial charge on any atom is -0.443 e. The van der Waals surface area contributed by atoms with Gasteiger partial charge in [0.1, 0.15) is 17.0 Å². The fourth-order valence-corrected chi connectivity index (χ4v) is 3.73. The van der Waals surface area contributed by atoms with Crippen LogP contribution in [-0.4, -0.2) is 47.8 Å². The molecular formula is C27H31N7O3. The first-order chi connectivity index (χ1) is 17.6. The van der Waals surface area contributed by atoms with E-state index in [0.29, 0.717) is 30.2 Å². The second-order valence-electron chi connectivity index (χ2n) is 9.72. The van der Waals surface area contributed by atoms with Crippen molar-refractivity contribution < 1.29 is 9.53 Å². The fraction of sp³-hybridized carbons (Fsp3) is 0.333. The first kappa shape index (κ1) is 25.7. The van der Waals surface area contributed by atoms with Gasteiger partial charge in [-0.1, -0.05) is 25.1 Å². The summed E-state index contributed by atoms with van der Waals surface area (Å²) in [6, 6.07) is 9.19. The molecule has 0 radical (unpaired) electrons. The van der Waals surface area contributed by atoms with Crippen molar-refractivity contribution in [2.45, 2.75) is 46.1 Å². The lowest BCUT2D eigenvalue weighted by Crippen LogP contribution is -2.37. The van der Waals surface area contributed by atoms with Gasteiger partial charge in [-0.15, -0.1) is 0 Å². The molecule has 0 saturated carbocycles. The van der Waals surface area contributed by atoms with Gasteiger partial charge in [0.2, 0.25) is 5.43 Å². The lowest BCUT2D eigenvalue weighted by molar-refractivity contribution is 0.0580. The Kier molecular flexibility index (Phi) is 7.47. The van der Waals surface area contributed by atoms with E-state index in [2.05, 4.69) is 20.2 Å². The zero-order valence-corrected chi connectivity index (χ0v) is 21.8. The summed E-state index contributed by atoms with van der Waals surface area (Å²) >= 11 is 0. The van der Waals surface area contributed by atoms with E-state index in [1.165, 1.54) is 6.07 Å². The molecule has 0 saturated heterocycles. The lowest BCUT2D eigenvalue weighted by atomic mass is 10.1. The molecule has 4 aromatic rings. The number of benzene rings is 1. The van der Waals surface area contributed by atoms with Gasteiger partial charge >= 0.3 is 6.09 Å². The van der Waals surface area contributed by atoms with Crippen molar-refractivity contribution in [3.05, 3.63) is 82.8 Å². The molecule has 37 heavy (non-hydrogen) atoms. The van der Waals surface area contributed by atoms with Crippen LogP contribution >= 0.6 is 0 Å². The number of amides is 1. The van der Waals surface area contributed by atoms with Crippen LogP contribution in [0.15, 0.2) is 66.1 Å². The highest BCUT2D eigenvalue weighted by atomic mass is 16.6. The molecule has 0 aliphatic carbocycles. The van der Waals surface area contributed by atoms with Crippen LogP contribution in [-0.2, 0) is 18.2 Å². The van der Waals surface area contributed by atoms with Crippen LogP contribution in [0.25, 0.3) is 17.1 Å². The number of rotatable bonds is 7. The molecule has 0 bridgehead atoms. The summed E-state index contributed by atoms with van der Waals surface area (Å²) in [6.07, 6.45) is 9.09. The molecule has 10 heteroatoms. The Bertz CT molecular complexity index is 1440. The molecule has 3 aromatic heterocycles. The molecule has 192 valence electrons. The van der Waals surface area contributed by atoms with Crippen LogP contribution in [0.3, 0.4) is 0 Å². The van der Waals surface area contributed by atoms with Gasteiger partial charge in [-0.3, -0.25) is 14.4 Å². The number of anilines is 1. The third kappa shape index (κ3) is 6.46. The monoisotopic (exact) mass is 501 g/mol. The number of aromatic nitrogens is 6. The molecule has 1 aromatic carbocycles. The molecule has 0 unspecified atom stereocenters. The van der Waals surface area contributed by atoms with Crippen molar-refractivity contribution >= 4 is 11.8 Å². The molecule has 0 spiro atoms. The van der Waals surface area contributed by atoms with E-state index < -0.39 is 11.7 Å². The smallest absolute Gasteiger partial charge is 0.414 e. The molecule has 1 amide bonds. The number of hydrogen-bond acceptors (Lipinski definition) is 7. The molecule has 0 atom stereocenters. The van der Waals surface area contributed by atoms with Crippen molar-refractivity contribution in [2.75, 3.05) is 11.4 Å². The van der Waals surface area contributed by atoms with Crippen LogP contribution in [0.5, 0.6) is 0 Å². The predicted octanol–water partition coefficient (Wildman–Crippen LogP) is 4.17. The first-order valence-corrected chi connectivity index (χ1v) is 12.1. The second-order valence-corrected chi connectivity index (χ2v) is 9.72. The van der Waals surface area contributed by atoms with Crippen LogP contribution in [0.4, 0.5) is 10.5 Å². The van der Waals surface area contributed by atoms with E-state index in [4.69, 9.17) is 4.74 Å². The van der Waals surface area contributed by atoms with Gasteiger partial charge < -0.3 is 4.74 Å². The van der Waals surface area contributed by atoms with E-state index in [-0.39, 0.29) is 5.43 Å². The Morgan fingerprint density at radius 1 is 1.11 bits per heavy atom. The summed E-state index contributed by atoms with van der Waals surface area (Å²) < 4.78 is 8.86. The summed E-state index contributed by atoms with van der Waals surface area (Å²) in [4.78, 5) is 35.7. The lowest BCUT2D eigenvalue weighted by Gasteiger charge is -2.26. The number of carbonyl (C=O) groups is 1. The summed E-state index contributed by atoms with van der Waals surface area (Å²) in [5.74, 6) is 0.514. The number of carbonyl (C=O) groups excluding carboxylic acids is 1. The van der Waals surface area contributed by atoms with Gasteiger partial charge in [-0.05, 0) is 38.8 Å². The van der Waals surface area contributed by atoms with E-state index in [0.717, 1.165) is 23.2 Å². The SMILES string of the molecule is CCCN(C(=O)OC(C)(C)C)c1cnc(-c2cccc(Cc3nn(-c4cnn(C)c4)ccc3=O)c2)nc1. The highest BCUT2D eigenvalue weighted by Crippen LogP contribution is 2.22. The number of ether oxygens (including phenoxy) is 1. The topological polar surface area (TPSA) is 108 Å². The Balaban J connectivity index is 1.55. The minimum absolute atomic E-state index is 0.135. The third-order valence-electron chi connectivity index (χ3n) is 5.40. The quantitative estimate of drug-likeness (QED) is 0.374. The first-order valence-electron chi connectivity index (χ1n) is 12.1. The average Bonchev–Trinajstić information content (AvgIpc) is 3.29. The van der Waals surface area contributed by atoms with E-state index in [1.54, 1.807) is 39.1 Å². The highest BCUT2D eigenvalue weighted by Gasteiger charge is 2.23. The van der Waals surface area contributed by atoms with Crippen molar-refractivity contribution in [3.63, 3.8) is 0 Å². The van der Waals surface area contributed by atoms with Gasteiger partial charge in [-0.2, -0.15) is 10.2 Å². The van der Waals surface area contributed by atoms with E-state index in [9.17, 15) is 9.59 Å². The Morgan fingerprint density at radius 3 is 2.51 bits per heavy atom. The Morgan fingerprint density at radius 2 is 1.86 bits per heavy atom. The van der Waals surface area contributed by atoms with Crippen LogP contribution in [0.1, 0.15) is 45.4 Å². The maximum Gasteiger partial charge on any atom is 0.414 e. The second kappa shape index (κ2) is 10.7. The third-order valence-corrected chi connectivity index (χ3v) is 5.40. The minimum atomic E-state index is -0.598. The van der Waals surface area contributed by atoms with Gasteiger partial charge in [-0.25, -0.2) is 19.4 Å². The van der Waals surface area contributed by atoms with Crippen molar-refractivity contribution in [1.82, 2.24) is 29.5 Å². The normalized spacial score (nSPS) is 11.4. The maximum atomic E-state index is 12.7. The zero-order chi connectivity index (χ0) is 26.6. The number of aryl methyl sites for hydroxylation is 1. The van der Waals surface area contributed by atoms with E-state index in [1.807, 2.05) is 65.2 Å². The van der Waals surface area contributed by atoms with Crippen molar-refractivity contribution in [3.8, 4) is 17.1 Å². The van der Waals surface area contributed by atoms with Crippen LogP contribution in [0, 0.1) is 0 Å². The molecule has 0 N–H and O–H groups in total. The van der Waals surface area contributed by atoms with E-state index >= 15 is 0 Å². The molecule has 3 heterocycles. The maximum absolute atomic E-state index is 12.7. The summed E-state index contributed by atoms with van der Waals surface area (Å²) in [6.45, 7) is 7.99. The predicted molar refractivity (Wildman–Crippen MR) is 141 cm³/mol. The van der Waals surface area contributed by atoms with Gasteiger partial charge in [0.25, 0.3) is 0 Å².